The number of benzene rings is 4. The first-order valence-electron chi connectivity index (χ1n) is 13.5. The van der Waals surface area contributed by atoms with Gasteiger partial charge in [-0.25, -0.2) is 9.18 Å². The summed E-state index contributed by atoms with van der Waals surface area (Å²) in [6.07, 6.45) is 0.986. The molecule has 1 amide bonds. The first kappa shape index (κ1) is 27.5. The summed E-state index contributed by atoms with van der Waals surface area (Å²) in [6, 6.07) is 28.5. The fraction of sp³-hybridized carbons (Fsp3) is 0.147. The number of carbonyl (C=O) groups is 2. The Bertz CT molecular complexity index is 1650. The molecular weight excluding hydrogens is 519 g/mol. The minimum absolute atomic E-state index is 0.0337. The quantitative estimate of drug-likeness (QED) is 0.229. The molecule has 7 heteroatoms. The highest BCUT2D eigenvalue weighted by Gasteiger charge is 2.38. The second kappa shape index (κ2) is 12.0. The molecule has 0 spiro atoms. The van der Waals surface area contributed by atoms with Crippen LogP contribution >= 0.6 is 0 Å². The Morgan fingerprint density at radius 2 is 1.54 bits per heavy atom. The molecule has 0 saturated heterocycles. The van der Waals surface area contributed by atoms with E-state index in [0.29, 0.717) is 16.5 Å². The average Bonchev–Trinajstić information content (AvgIpc) is 3.33. The van der Waals surface area contributed by atoms with E-state index in [9.17, 15) is 19.1 Å². The molecule has 0 fully saturated rings. The van der Waals surface area contributed by atoms with E-state index in [-0.39, 0.29) is 41.7 Å². The molecule has 2 heterocycles. The number of rotatable bonds is 7. The van der Waals surface area contributed by atoms with Gasteiger partial charge in [0.25, 0.3) is 5.91 Å². The third kappa shape index (κ3) is 5.39. The molecular formula is C34H29FN2O4. The number of hydrogen-bond acceptors (Lipinski definition) is 4. The van der Waals surface area contributed by atoms with Gasteiger partial charge in [-0.15, -0.1) is 0 Å². The molecule has 1 aromatic heterocycles. The molecule has 5 aromatic rings. The highest BCUT2D eigenvalue weighted by atomic mass is 19.1. The Morgan fingerprint density at radius 3 is 2.12 bits per heavy atom. The van der Waals surface area contributed by atoms with Crippen molar-refractivity contribution >= 4 is 22.8 Å². The minimum atomic E-state index is -1.14. The predicted molar refractivity (Wildman–Crippen MR) is 155 cm³/mol. The van der Waals surface area contributed by atoms with Gasteiger partial charge in [0.1, 0.15) is 17.4 Å². The van der Waals surface area contributed by atoms with E-state index in [1.807, 2.05) is 74.5 Å². The predicted octanol–water partition coefficient (Wildman–Crippen LogP) is 7.42. The number of carboxylic acid groups (broad SMARTS) is 1. The fourth-order valence-corrected chi connectivity index (χ4v) is 5.14. The number of fused-ring (bicyclic) bond motifs is 2. The van der Waals surface area contributed by atoms with Crippen LogP contribution in [0.2, 0.25) is 0 Å². The third-order valence-electron chi connectivity index (χ3n) is 6.91. The number of pyridine rings is 1. The van der Waals surface area contributed by atoms with E-state index in [1.54, 1.807) is 35.4 Å². The summed E-state index contributed by atoms with van der Waals surface area (Å²) in [7, 11) is 0. The van der Waals surface area contributed by atoms with Crippen LogP contribution in [0.4, 0.5) is 4.39 Å². The molecule has 0 aliphatic carbocycles. The average molecular weight is 549 g/mol. The van der Waals surface area contributed by atoms with E-state index >= 15 is 0 Å². The van der Waals surface area contributed by atoms with Crippen LogP contribution < -0.4 is 4.74 Å². The molecule has 0 atom stereocenters. The number of halogens is 1. The second-order valence-electron chi connectivity index (χ2n) is 9.37. The van der Waals surface area contributed by atoms with Gasteiger partial charge >= 0.3 is 5.97 Å². The zero-order valence-corrected chi connectivity index (χ0v) is 22.8. The lowest BCUT2D eigenvalue weighted by Gasteiger charge is -2.23. The Morgan fingerprint density at radius 1 is 0.927 bits per heavy atom. The summed E-state index contributed by atoms with van der Waals surface area (Å²) in [5, 5.41) is 10.6. The first-order chi connectivity index (χ1) is 20.0. The van der Waals surface area contributed by atoms with Crippen LogP contribution in [0.15, 0.2) is 103 Å². The van der Waals surface area contributed by atoms with Crippen molar-refractivity contribution in [3.8, 4) is 5.75 Å². The van der Waals surface area contributed by atoms with Crippen molar-refractivity contribution in [1.82, 2.24) is 9.88 Å². The Hall–Kier alpha value is -5.04. The van der Waals surface area contributed by atoms with Gasteiger partial charge in [-0.3, -0.25) is 9.78 Å². The van der Waals surface area contributed by atoms with Crippen LogP contribution in [0.1, 0.15) is 62.9 Å². The highest BCUT2D eigenvalue weighted by Crippen LogP contribution is 2.43. The van der Waals surface area contributed by atoms with Gasteiger partial charge in [-0.1, -0.05) is 92.7 Å². The number of amides is 1. The van der Waals surface area contributed by atoms with Gasteiger partial charge < -0.3 is 14.7 Å². The molecule has 6 nitrogen and oxygen atoms in total. The van der Waals surface area contributed by atoms with E-state index in [4.69, 9.17) is 4.74 Å². The Balaban J connectivity index is 0.00000165. The summed E-state index contributed by atoms with van der Waals surface area (Å²) in [4.78, 5) is 32.5. The van der Waals surface area contributed by atoms with Gasteiger partial charge in [0, 0.05) is 30.2 Å². The van der Waals surface area contributed by atoms with Crippen molar-refractivity contribution in [2.24, 2.45) is 0 Å². The molecule has 41 heavy (non-hydrogen) atoms. The van der Waals surface area contributed by atoms with Gasteiger partial charge in [-0.2, -0.15) is 0 Å². The smallest absolute Gasteiger partial charge is 0.336 e. The van der Waals surface area contributed by atoms with Crippen LogP contribution in [0.5, 0.6) is 5.75 Å². The molecule has 0 radical (unpaired) electrons. The zero-order chi connectivity index (χ0) is 28.9. The summed E-state index contributed by atoms with van der Waals surface area (Å²) in [5.74, 6) is -1.63. The summed E-state index contributed by atoms with van der Waals surface area (Å²) >= 11 is 0. The highest BCUT2D eigenvalue weighted by molar-refractivity contribution is 6.14. The number of carboxylic acids is 1. The van der Waals surface area contributed by atoms with Gasteiger partial charge in [0.2, 0.25) is 0 Å². The second-order valence-corrected chi connectivity index (χ2v) is 9.37. The lowest BCUT2D eigenvalue weighted by atomic mass is 9.96. The van der Waals surface area contributed by atoms with Crippen LogP contribution in [-0.2, 0) is 13.1 Å². The molecule has 1 aliphatic heterocycles. The van der Waals surface area contributed by atoms with E-state index in [0.717, 1.165) is 16.7 Å². The SMILES string of the molecule is CC.O=C(O)c1c2c(c(OC(c3ccccc3)c3ccccc3)c3ncccc13)C(=O)N(Cc1ccc(F)cc1)C2. The van der Waals surface area contributed by atoms with Gasteiger partial charge in [0.05, 0.1) is 11.1 Å². The van der Waals surface area contributed by atoms with Crippen LogP contribution in [0.3, 0.4) is 0 Å². The lowest BCUT2D eigenvalue weighted by molar-refractivity contribution is 0.0693. The number of hydrogen-bond donors (Lipinski definition) is 1. The summed E-state index contributed by atoms with van der Waals surface area (Å²) in [6.45, 7) is 4.27. The fourth-order valence-electron chi connectivity index (χ4n) is 5.14. The van der Waals surface area contributed by atoms with Crippen molar-refractivity contribution in [1.29, 1.82) is 0 Å². The third-order valence-corrected chi connectivity index (χ3v) is 6.91. The Labute approximate surface area is 237 Å². The van der Waals surface area contributed by atoms with E-state index in [2.05, 4.69) is 4.98 Å². The minimum Gasteiger partial charge on any atom is -0.478 e. The molecule has 206 valence electrons. The van der Waals surface area contributed by atoms with Crippen molar-refractivity contribution in [2.75, 3.05) is 0 Å². The maximum Gasteiger partial charge on any atom is 0.336 e. The van der Waals surface area contributed by atoms with Crippen molar-refractivity contribution in [3.63, 3.8) is 0 Å². The zero-order valence-electron chi connectivity index (χ0n) is 22.8. The number of ether oxygens (including phenoxy) is 1. The molecule has 0 saturated carbocycles. The molecule has 1 N–H and O–H groups in total. The van der Waals surface area contributed by atoms with Gasteiger partial charge in [0.15, 0.2) is 5.75 Å². The number of aromatic carboxylic acids is 1. The van der Waals surface area contributed by atoms with Crippen LogP contribution in [0, 0.1) is 5.82 Å². The molecule has 1 aliphatic rings. The summed E-state index contributed by atoms with van der Waals surface area (Å²) in [5.41, 5.74) is 3.39. The topological polar surface area (TPSA) is 79.7 Å². The molecule has 6 rings (SSSR count). The number of aromatic nitrogens is 1. The molecule has 0 unspecified atom stereocenters. The van der Waals surface area contributed by atoms with E-state index in [1.165, 1.54) is 12.1 Å². The number of nitrogens with zero attached hydrogens (tertiary/aromatic N) is 2. The normalized spacial score (nSPS) is 12.2. The molecule has 4 aromatic carbocycles. The first-order valence-corrected chi connectivity index (χ1v) is 13.5. The van der Waals surface area contributed by atoms with E-state index < -0.39 is 12.1 Å². The monoisotopic (exact) mass is 548 g/mol. The largest absolute Gasteiger partial charge is 0.478 e. The van der Waals surface area contributed by atoms with Crippen molar-refractivity contribution in [2.45, 2.75) is 33.0 Å². The standard InChI is InChI=1S/C32H23FN2O4.C2H6/c33-23-15-13-20(14-16-23)18-35-19-25-26(32(37)38)24-12-7-17-34-28(24)30(27(25)31(35)36)39-29(21-8-3-1-4-9-21)22-10-5-2-6-11-22;1-2/h1-17,29H,18-19H2,(H,37,38);1-2H3. The van der Waals surface area contributed by atoms with Crippen molar-refractivity contribution in [3.05, 3.63) is 142 Å². The van der Waals surface area contributed by atoms with Gasteiger partial charge in [-0.05, 0) is 34.9 Å². The summed E-state index contributed by atoms with van der Waals surface area (Å²) < 4.78 is 20.2. The van der Waals surface area contributed by atoms with Crippen LogP contribution in [-0.4, -0.2) is 26.9 Å². The number of carbonyl (C=O) groups excluding carboxylic acids is 1. The van der Waals surface area contributed by atoms with Crippen molar-refractivity contribution < 1.29 is 23.8 Å². The Kier molecular flexibility index (Phi) is 8.06. The maximum absolute atomic E-state index is 13.9. The maximum atomic E-state index is 13.9. The lowest BCUT2D eigenvalue weighted by Crippen LogP contribution is -2.23. The molecule has 0 bridgehead atoms. The van der Waals surface area contributed by atoms with Crippen LogP contribution in [0.25, 0.3) is 10.9 Å².